The second kappa shape index (κ2) is 5.27. The van der Waals surface area contributed by atoms with Gasteiger partial charge in [0.2, 0.25) is 0 Å². The lowest BCUT2D eigenvalue weighted by atomic mass is 9.92. The maximum atomic E-state index is 10.4. The second-order valence-corrected chi connectivity index (χ2v) is 4.78. The lowest BCUT2D eigenvalue weighted by Gasteiger charge is -2.22. The smallest absolute Gasteiger partial charge is 0.118 e. The molecule has 1 atom stereocenters. The molecule has 0 aliphatic carbocycles. The second-order valence-electron chi connectivity index (χ2n) is 4.78. The number of aliphatic hydroxyl groups is 1. The zero-order valence-corrected chi connectivity index (χ0v) is 10.7. The predicted molar refractivity (Wildman–Crippen MR) is 69.7 cm³/mol. The van der Waals surface area contributed by atoms with Gasteiger partial charge < -0.3 is 14.3 Å². The molecule has 0 saturated heterocycles. The fourth-order valence-corrected chi connectivity index (χ4v) is 2.03. The summed E-state index contributed by atoms with van der Waals surface area (Å²) < 4.78 is 10.4. The standard InChI is InChI=1S/C15H18O3/c1-15(16,11-14-4-3-9-18-14)10-12-5-7-13(17-2)8-6-12/h3-9,16H,10-11H2,1-2H3. The maximum absolute atomic E-state index is 10.4. The van der Waals surface area contributed by atoms with Gasteiger partial charge in [0.15, 0.2) is 0 Å². The van der Waals surface area contributed by atoms with E-state index in [0.717, 1.165) is 17.1 Å². The van der Waals surface area contributed by atoms with E-state index in [1.165, 1.54) is 0 Å². The van der Waals surface area contributed by atoms with E-state index < -0.39 is 5.60 Å². The van der Waals surface area contributed by atoms with Gasteiger partial charge >= 0.3 is 0 Å². The molecule has 1 N–H and O–H groups in total. The minimum absolute atomic E-state index is 0.506. The Morgan fingerprint density at radius 3 is 2.44 bits per heavy atom. The van der Waals surface area contributed by atoms with Crippen LogP contribution in [0.3, 0.4) is 0 Å². The monoisotopic (exact) mass is 246 g/mol. The van der Waals surface area contributed by atoms with Gasteiger partial charge in [0.25, 0.3) is 0 Å². The van der Waals surface area contributed by atoms with E-state index in [0.29, 0.717) is 12.8 Å². The van der Waals surface area contributed by atoms with Gasteiger partial charge in [0.1, 0.15) is 11.5 Å². The van der Waals surface area contributed by atoms with Crippen molar-refractivity contribution < 1.29 is 14.3 Å². The normalized spacial score (nSPS) is 14.2. The fourth-order valence-electron chi connectivity index (χ4n) is 2.03. The molecule has 0 saturated carbocycles. The van der Waals surface area contributed by atoms with Crippen LogP contribution in [0.2, 0.25) is 0 Å². The van der Waals surface area contributed by atoms with Crippen LogP contribution in [0.25, 0.3) is 0 Å². The molecule has 2 rings (SSSR count). The van der Waals surface area contributed by atoms with Crippen LogP contribution in [0.15, 0.2) is 47.1 Å². The average molecular weight is 246 g/mol. The minimum Gasteiger partial charge on any atom is -0.497 e. The first-order chi connectivity index (χ1) is 8.59. The average Bonchev–Trinajstić information content (AvgIpc) is 2.81. The molecule has 0 aliphatic heterocycles. The largest absolute Gasteiger partial charge is 0.497 e. The van der Waals surface area contributed by atoms with Crippen molar-refractivity contribution in [2.75, 3.05) is 7.11 Å². The fraction of sp³-hybridized carbons (Fsp3) is 0.333. The number of hydrogen-bond acceptors (Lipinski definition) is 3. The van der Waals surface area contributed by atoms with E-state index in [9.17, 15) is 5.11 Å². The van der Waals surface area contributed by atoms with Gasteiger partial charge in [-0.15, -0.1) is 0 Å². The van der Waals surface area contributed by atoms with Crippen molar-refractivity contribution in [1.29, 1.82) is 0 Å². The summed E-state index contributed by atoms with van der Waals surface area (Å²) in [6, 6.07) is 11.4. The van der Waals surface area contributed by atoms with E-state index >= 15 is 0 Å². The molecular weight excluding hydrogens is 228 g/mol. The van der Waals surface area contributed by atoms with Gasteiger partial charge in [0.05, 0.1) is 19.0 Å². The quantitative estimate of drug-likeness (QED) is 0.882. The first kappa shape index (κ1) is 12.7. The van der Waals surface area contributed by atoms with E-state index in [1.807, 2.05) is 43.3 Å². The van der Waals surface area contributed by atoms with Gasteiger partial charge in [-0.2, -0.15) is 0 Å². The zero-order chi connectivity index (χ0) is 13.0. The van der Waals surface area contributed by atoms with Crippen LogP contribution in [-0.4, -0.2) is 17.8 Å². The molecule has 0 radical (unpaired) electrons. The molecule has 96 valence electrons. The molecule has 0 bridgehead atoms. The third-order valence-electron chi connectivity index (χ3n) is 2.88. The highest BCUT2D eigenvalue weighted by Gasteiger charge is 2.22. The van der Waals surface area contributed by atoms with Crippen molar-refractivity contribution in [3.63, 3.8) is 0 Å². The number of rotatable bonds is 5. The highest BCUT2D eigenvalue weighted by molar-refractivity contribution is 5.28. The summed E-state index contributed by atoms with van der Waals surface area (Å²) in [5.74, 6) is 1.62. The lowest BCUT2D eigenvalue weighted by Crippen LogP contribution is -2.29. The summed E-state index contributed by atoms with van der Waals surface area (Å²) in [5, 5.41) is 10.4. The Labute approximate surface area is 107 Å². The molecule has 1 aromatic carbocycles. The van der Waals surface area contributed by atoms with E-state index in [2.05, 4.69) is 0 Å². The molecule has 0 amide bonds. The molecule has 1 aromatic heterocycles. The topological polar surface area (TPSA) is 42.6 Å². The Morgan fingerprint density at radius 2 is 1.89 bits per heavy atom. The van der Waals surface area contributed by atoms with Crippen LogP contribution in [0.1, 0.15) is 18.2 Å². The predicted octanol–water partition coefficient (Wildman–Crippen LogP) is 2.82. The van der Waals surface area contributed by atoms with E-state index in [4.69, 9.17) is 9.15 Å². The first-order valence-corrected chi connectivity index (χ1v) is 5.97. The van der Waals surface area contributed by atoms with E-state index in [-0.39, 0.29) is 0 Å². The van der Waals surface area contributed by atoms with Gasteiger partial charge in [-0.25, -0.2) is 0 Å². The summed E-state index contributed by atoms with van der Waals surface area (Å²) in [6.45, 7) is 1.82. The van der Waals surface area contributed by atoms with Crippen molar-refractivity contribution in [2.24, 2.45) is 0 Å². The molecule has 3 heteroatoms. The molecule has 0 aliphatic rings. The summed E-state index contributed by atoms with van der Waals surface area (Å²) in [6.07, 6.45) is 2.71. The van der Waals surface area contributed by atoms with Gasteiger partial charge in [-0.3, -0.25) is 0 Å². The summed E-state index contributed by atoms with van der Waals surface area (Å²) >= 11 is 0. The zero-order valence-electron chi connectivity index (χ0n) is 10.7. The van der Waals surface area contributed by atoms with Crippen molar-refractivity contribution in [3.8, 4) is 5.75 Å². The molecule has 1 heterocycles. The Balaban J connectivity index is 2.02. The first-order valence-electron chi connectivity index (χ1n) is 5.97. The Hall–Kier alpha value is -1.74. The third kappa shape index (κ3) is 3.37. The van der Waals surface area contributed by atoms with Crippen LogP contribution >= 0.6 is 0 Å². The molecule has 18 heavy (non-hydrogen) atoms. The van der Waals surface area contributed by atoms with Crippen molar-refractivity contribution in [1.82, 2.24) is 0 Å². The summed E-state index contributed by atoms with van der Waals surface area (Å²) in [7, 11) is 1.64. The van der Waals surface area contributed by atoms with Gasteiger partial charge in [0, 0.05) is 12.8 Å². The molecule has 3 nitrogen and oxygen atoms in total. The molecule has 2 aromatic rings. The molecule has 0 fully saturated rings. The van der Waals surface area contributed by atoms with Crippen LogP contribution < -0.4 is 4.74 Å². The number of methoxy groups -OCH3 is 1. The Kier molecular flexibility index (Phi) is 3.72. The van der Waals surface area contributed by atoms with Gasteiger partial charge in [-0.1, -0.05) is 12.1 Å². The van der Waals surface area contributed by atoms with E-state index in [1.54, 1.807) is 13.4 Å². The van der Waals surface area contributed by atoms with Crippen LogP contribution in [-0.2, 0) is 12.8 Å². The minimum atomic E-state index is -0.813. The van der Waals surface area contributed by atoms with Crippen LogP contribution in [0.5, 0.6) is 5.75 Å². The van der Waals surface area contributed by atoms with Crippen LogP contribution in [0.4, 0.5) is 0 Å². The molecule has 0 spiro atoms. The summed E-state index contributed by atoms with van der Waals surface area (Å²) in [4.78, 5) is 0. The Bertz CT molecular complexity index is 469. The number of benzene rings is 1. The van der Waals surface area contributed by atoms with Gasteiger partial charge in [-0.05, 0) is 36.8 Å². The lowest BCUT2D eigenvalue weighted by molar-refractivity contribution is 0.0555. The molecule has 1 unspecified atom stereocenters. The van der Waals surface area contributed by atoms with Crippen molar-refractivity contribution >= 4 is 0 Å². The SMILES string of the molecule is COc1ccc(CC(C)(O)Cc2ccco2)cc1. The van der Waals surface area contributed by atoms with Crippen molar-refractivity contribution in [2.45, 2.75) is 25.4 Å². The highest BCUT2D eigenvalue weighted by Crippen LogP contribution is 2.20. The summed E-state index contributed by atoms with van der Waals surface area (Å²) in [5.41, 5.74) is 0.263. The Morgan fingerprint density at radius 1 is 1.17 bits per heavy atom. The number of furan rings is 1. The van der Waals surface area contributed by atoms with Crippen molar-refractivity contribution in [3.05, 3.63) is 54.0 Å². The third-order valence-corrected chi connectivity index (χ3v) is 2.88. The molecular formula is C15H18O3. The number of hydrogen-bond donors (Lipinski definition) is 1. The van der Waals surface area contributed by atoms with Crippen LogP contribution in [0, 0.1) is 0 Å². The maximum Gasteiger partial charge on any atom is 0.118 e. The highest BCUT2D eigenvalue weighted by atomic mass is 16.5. The number of ether oxygens (including phenoxy) is 1.